The zero-order chi connectivity index (χ0) is 17.6. The summed E-state index contributed by atoms with van der Waals surface area (Å²) < 4.78 is 18.9. The highest BCUT2D eigenvalue weighted by Crippen LogP contribution is 2.18. The van der Waals surface area contributed by atoms with E-state index in [-0.39, 0.29) is 24.4 Å². The van der Waals surface area contributed by atoms with Crippen molar-refractivity contribution in [1.29, 1.82) is 0 Å². The lowest BCUT2D eigenvalue weighted by Crippen LogP contribution is -2.36. The van der Waals surface area contributed by atoms with Crippen LogP contribution < -0.4 is 10.1 Å². The largest absolute Gasteiger partial charge is 0.487 e. The van der Waals surface area contributed by atoms with E-state index in [1.165, 1.54) is 31.4 Å². The molecule has 1 aromatic carbocycles. The zero-order valence-electron chi connectivity index (χ0n) is 14.4. The summed E-state index contributed by atoms with van der Waals surface area (Å²) >= 11 is 0. The Bertz CT molecular complexity index is 705. The van der Waals surface area contributed by atoms with Gasteiger partial charge in [0.25, 0.3) is 5.91 Å². The van der Waals surface area contributed by atoms with Crippen molar-refractivity contribution < 1.29 is 13.9 Å². The van der Waals surface area contributed by atoms with Crippen LogP contribution in [0.4, 0.5) is 4.39 Å². The Labute approximate surface area is 147 Å². The normalized spacial score (nSPS) is 15.0. The molecule has 1 aliphatic carbocycles. The highest BCUT2D eigenvalue weighted by Gasteiger charge is 2.16. The standard InChI is InChI=1S/C20H23FN2O2/c1-14-9-16(21)11-19(10-14)25-13-18-8-7-15(12-22-18)20(24)23-17-5-3-2-4-6-17/h7-12,17H,2-6,13H2,1H3,(H,23,24). The van der Waals surface area contributed by atoms with Crippen LogP contribution in [0.1, 0.15) is 53.7 Å². The zero-order valence-corrected chi connectivity index (χ0v) is 14.4. The number of carbonyl (C=O) groups excluding carboxylic acids is 1. The fourth-order valence-electron chi connectivity index (χ4n) is 3.10. The molecule has 1 aliphatic rings. The summed E-state index contributed by atoms with van der Waals surface area (Å²) in [5.41, 5.74) is 2.05. The lowest BCUT2D eigenvalue weighted by molar-refractivity contribution is 0.0927. The Hall–Kier alpha value is -2.43. The second kappa shape index (κ2) is 8.10. The van der Waals surface area contributed by atoms with Crippen LogP contribution in [0, 0.1) is 12.7 Å². The van der Waals surface area contributed by atoms with E-state index in [9.17, 15) is 9.18 Å². The summed E-state index contributed by atoms with van der Waals surface area (Å²) in [5.74, 6) is 0.0729. The van der Waals surface area contributed by atoms with Crippen LogP contribution in [-0.2, 0) is 6.61 Å². The van der Waals surface area contributed by atoms with E-state index in [2.05, 4.69) is 10.3 Å². The summed E-state index contributed by atoms with van der Waals surface area (Å²) in [4.78, 5) is 16.5. The molecule has 0 saturated heterocycles. The molecule has 0 spiro atoms. The number of pyridine rings is 1. The van der Waals surface area contributed by atoms with Crippen LogP contribution in [0.15, 0.2) is 36.5 Å². The molecule has 1 saturated carbocycles. The van der Waals surface area contributed by atoms with Gasteiger partial charge in [0, 0.05) is 18.3 Å². The molecule has 0 aliphatic heterocycles. The minimum absolute atomic E-state index is 0.0763. The fraction of sp³-hybridized carbons (Fsp3) is 0.400. The van der Waals surface area contributed by atoms with E-state index >= 15 is 0 Å². The average molecular weight is 342 g/mol. The van der Waals surface area contributed by atoms with Gasteiger partial charge in [-0.25, -0.2) is 4.39 Å². The van der Waals surface area contributed by atoms with Crippen LogP contribution >= 0.6 is 0 Å². The molecule has 0 bridgehead atoms. The number of benzene rings is 1. The number of amides is 1. The SMILES string of the molecule is Cc1cc(F)cc(OCc2ccc(C(=O)NC3CCCCC3)cn2)c1. The molecule has 2 aromatic rings. The Kier molecular flexibility index (Phi) is 5.64. The van der Waals surface area contributed by atoms with E-state index in [4.69, 9.17) is 4.74 Å². The number of aromatic nitrogens is 1. The maximum absolute atomic E-state index is 13.3. The van der Waals surface area contributed by atoms with Gasteiger partial charge < -0.3 is 10.1 Å². The van der Waals surface area contributed by atoms with Crippen molar-refractivity contribution >= 4 is 5.91 Å². The minimum Gasteiger partial charge on any atom is -0.487 e. The summed E-state index contributed by atoms with van der Waals surface area (Å²) in [7, 11) is 0. The number of nitrogens with one attached hydrogen (secondary N) is 1. The minimum atomic E-state index is -0.322. The lowest BCUT2D eigenvalue weighted by Gasteiger charge is -2.22. The van der Waals surface area contributed by atoms with E-state index < -0.39 is 0 Å². The maximum Gasteiger partial charge on any atom is 0.253 e. The lowest BCUT2D eigenvalue weighted by atomic mass is 9.95. The molecule has 4 nitrogen and oxygen atoms in total. The van der Waals surface area contributed by atoms with Crippen LogP contribution in [0.25, 0.3) is 0 Å². The number of carbonyl (C=O) groups is 1. The topological polar surface area (TPSA) is 51.2 Å². The second-order valence-electron chi connectivity index (χ2n) is 6.60. The quantitative estimate of drug-likeness (QED) is 0.887. The van der Waals surface area contributed by atoms with Crippen molar-refractivity contribution in [2.75, 3.05) is 0 Å². The van der Waals surface area contributed by atoms with Gasteiger partial charge >= 0.3 is 0 Å². The molecule has 3 rings (SSSR count). The van der Waals surface area contributed by atoms with Crippen molar-refractivity contribution in [1.82, 2.24) is 10.3 Å². The maximum atomic E-state index is 13.3. The number of ether oxygens (including phenoxy) is 1. The van der Waals surface area contributed by atoms with Crippen molar-refractivity contribution in [2.45, 2.75) is 51.7 Å². The van der Waals surface area contributed by atoms with Gasteiger partial charge in [-0.2, -0.15) is 0 Å². The van der Waals surface area contributed by atoms with Crippen LogP contribution in [0.3, 0.4) is 0 Å². The summed E-state index contributed by atoms with van der Waals surface area (Å²) in [6.07, 6.45) is 7.29. The van der Waals surface area contributed by atoms with E-state index in [1.807, 2.05) is 6.92 Å². The van der Waals surface area contributed by atoms with Gasteiger partial charge in [0.2, 0.25) is 0 Å². The molecule has 1 amide bonds. The van der Waals surface area contributed by atoms with Gasteiger partial charge in [0.05, 0.1) is 11.3 Å². The smallest absolute Gasteiger partial charge is 0.253 e. The van der Waals surface area contributed by atoms with Crippen molar-refractivity contribution in [3.63, 3.8) is 0 Å². The first-order valence-corrected chi connectivity index (χ1v) is 8.76. The highest BCUT2D eigenvalue weighted by molar-refractivity contribution is 5.94. The fourth-order valence-corrected chi connectivity index (χ4v) is 3.10. The first-order chi connectivity index (χ1) is 12.1. The summed E-state index contributed by atoms with van der Waals surface area (Å²) in [5, 5.41) is 3.07. The Morgan fingerprint density at radius 2 is 2.04 bits per heavy atom. The molecule has 25 heavy (non-hydrogen) atoms. The molecule has 0 radical (unpaired) electrons. The third-order valence-electron chi connectivity index (χ3n) is 4.43. The van der Waals surface area contributed by atoms with Gasteiger partial charge in [0.15, 0.2) is 0 Å². The van der Waals surface area contributed by atoms with Gasteiger partial charge in [-0.15, -0.1) is 0 Å². The van der Waals surface area contributed by atoms with Gasteiger partial charge in [-0.3, -0.25) is 9.78 Å². The number of hydrogen-bond acceptors (Lipinski definition) is 3. The van der Waals surface area contributed by atoms with E-state index in [1.54, 1.807) is 24.4 Å². The van der Waals surface area contributed by atoms with Crippen LogP contribution in [0.5, 0.6) is 5.75 Å². The van der Waals surface area contributed by atoms with Crippen LogP contribution in [-0.4, -0.2) is 16.9 Å². The third-order valence-corrected chi connectivity index (χ3v) is 4.43. The molecule has 1 heterocycles. The molecule has 0 unspecified atom stereocenters. The number of nitrogens with zero attached hydrogens (tertiary/aromatic N) is 1. The molecular weight excluding hydrogens is 319 g/mol. The predicted molar refractivity (Wildman–Crippen MR) is 94.0 cm³/mol. The van der Waals surface area contributed by atoms with Gasteiger partial charge in [0.1, 0.15) is 18.2 Å². The molecule has 1 fully saturated rings. The number of rotatable bonds is 5. The molecule has 1 N–H and O–H groups in total. The first kappa shape index (κ1) is 17.4. The van der Waals surface area contributed by atoms with Crippen molar-refractivity contribution in [2.24, 2.45) is 0 Å². The van der Waals surface area contributed by atoms with Gasteiger partial charge in [-0.05, 0) is 49.6 Å². The van der Waals surface area contributed by atoms with Crippen molar-refractivity contribution in [3.8, 4) is 5.75 Å². The molecule has 0 atom stereocenters. The van der Waals surface area contributed by atoms with E-state index in [0.29, 0.717) is 17.0 Å². The first-order valence-electron chi connectivity index (χ1n) is 8.76. The van der Waals surface area contributed by atoms with Crippen molar-refractivity contribution in [3.05, 3.63) is 59.2 Å². The molecule has 132 valence electrons. The highest BCUT2D eigenvalue weighted by atomic mass is 19.1. The third kappa shape index (κ3) is 5.02. The molecular formula is C20H23FN2O2. The van der Waals surface area contributed by atoms with Crippen LogP contribution in [0.2, 0.25) is 0 Å². The second-order valence-corrected chi connectivity index (χ2v) is 6.60. The summed E-state index contributed by atoms with van der Waals surface area (Å²) in [6, 6.07) is 8.36. The monoisotopic (exact) mass is 342 g/mol. The van der Waals surface area contributed by atoms with Gasteiger partial charge in [-0.1, -0.05) is 19.3 Å². The molecule has 5 heteroatoms. The average Bonchev–Trinajstić information content (AvgIpc) is 2.60. The Morgan fingerprint density at radius 3 is 2.72 bits per heavy atom. The number of hydrogen-bond donors (Lipinski definition) is 1. The van der Waals surface area contributed by atoms with E-state index in [0.717, 1.165) is 18.4 Å². The summed E-state index contributed by atoms with van der Waals surface area (Å²) in [6.45, 7) is 2.04. The Morgan fingerprint density at radius 1 is 1.24 bits per heavy atom. The number of halogens is 1. The predicted octanol–water partition coefficient (Wildman–Crippen LogP) is 4.17. The Balaban J connectivity index is 1.55. The molecule has 1 aromatic heterocycles. The number of aryl methyl sites for hydroxylation is 1.